The summed E-state index contributed by atoms with van der Waals surface area (Å²) in [5.74, 6) is 0.640. The molecule has 0 aromatic rings. The molecule has 6 heteroatoms. The van der Waals surface area contributed by atoms with E-state index in [2.05, 4.69) is 47.7 Å². The van der Waals surface area contributed by atoms with Crippen molar-refractivity contribution in [1.29, 1.82) is 0 Å². The van der Waals surface area contributed by atoms with Gasteiger partial charge in [0.25, 0.3) is 0 Å². The topological polar surface area (TPSA) is 76.0 Å². The van der Waals surface area contributed by atoms with E-state index in [4.69, 9.17) is 9.79 Å². The molecule has 0 radical (unpaired) electrons. The van der Waals surface area contributed by atoms with Gasteiger partial charge in [0.15, 0.2) is 0 Å². The molecule has 1 rings (SSSR count). The van der Waals surface area contributed by atoms with Crippen LogP contribution >= 0.6 is 7.82 Å². The summed E-state index contributed by atoms with van der Waals surface area (Å²) in [6, 6.07) is 0. The Hall–Kier alpha value is -0.450. The second kappa shape index (κ2) is 12.9. The van der Waals surface area contributed by atoms with Gasteiger partial charge in [0.05, 0.1) is 6.61 Å². The monoisotopic (exact) mass is 388 g/mol. The molecule has 0 heterocycles. The summed E-state index contributed by atoms with van der Waals surface area (Å²) in [5.41, 5.74) is 0.342. The van der Waals surface area contributed by atoms with Gasteiger partial charge in [-0.05, 0) is 24.2 Å². The summed E-state index contributed by atoms with van der Waals surface area (Å²) < 4.78 is 14.3. The van der Waals surface area contributed by atoms with Gasteiger partial charge >= 0.3 is 7.82 Å². The quantitative estimate of drug-likeness (QED) is 0.154. The molecule has 26 heavy (non-hydrogen) atoms. The van der Waals surface area contributed by atoms with Gasteiger partial charge in [0, 0.05) is 0 Å². The van der Waals surface area contributed by atoms with E-state index < -0.39 is 7.82 Å². The van der Waals surface area contributed by atoms with Crippen molar-refractivity contribution in [3.63, 3.8) is 0 Å². The summed E-state index contributed by atoms with van der Waals surface area (Å²) in [6.07, 6.45) is 22.3. The van der Waals surface area contributed by atoms with Crippen LogP contribution in [0.1, 0.15) is 84.5 Å². The Balaban J connectivity index is 1.83. The van der Waals surface area contributed by atoms with Crippen LogP contribution in [0.5, 0.6) is 0 Å². The predicted molar refractivity (Wildman–Crippen MR) is 105 cm³/mol. The minimum Gasteiger partial charge on any atom is -0.301 e. The van der Waals surface area contributed by atoms with Gasteiger partial charge in [-0.2, -0.15) is 0 Å². The molecule has 0 saturated heterocycles. The Morgan fingerprint density at radius 2 is 1.46 bits per heavy atom. The molecule has 0 aliphatic heterocycles. The molecule has 1 aliphatic rings. The van der Waals surface area contributed by atoms with E-state index in [9.17, 15) is 4.57 Å². The van der Waals surface area contributed by atoms with Crippen LogP contribution in [0, 0.1) is 11.3 Å². The third-order valence-electron chi connectivity index (χ3n) is 5.37. The Labute approximate surface area is 159 Å². The van der Waals surface area contributed by atoms with Crippen LogP contribution in [-0.4, -0.2) is 16.4 Å². The summed E-state index contributed by atoms with van der Waals surface area (Å²) in [4.78, 5) is 21.4. The van der Waals surface area contributed by atoms with Gasteiger partial charge < -0.3 is 9.79 Å². The van der Waals surface area contributed by atoms with Crippen molar-refractivity contribution in [2.75, 3.05) is 6.61 Å². The van der Waals surface area contributed by atoms with E-state index in [1.165, 1.54) is 51.4 Å². The van der Waals surface area contributed by atoms with Gasteiger partial charge in [-0.3, -0.25) is 0 Å². The second-order valence-electron chi connectivity index (χ2n) is 7.71. The van der Waals surface area contributed by atoms with Crippen molar-refractivity contribution in [3.05, 3.63) is 24.3 Å². The number of hydrogen-bond donors (Lipinski definition) is 2. The Bertz CT molecular complexity index is 471. The lowest BCUT2D eigenvalue weighted by atomic mass is 9.72. The van der Waals surface area contributed by atoms with E-state index in [1.807, 2.05) is 0 Å². The van der Waals surface area contributed by atoms with Crippen LogP contribution in [0.25, 0.3) is 0 Å². The maximum atomic E-state index is 10.4. The van der Waals surface area contributed by atoms with Crippen LogP contribution < -0.4 is 0 Å². The standard InChI is InChI=1S/C20H37O5P/c1-19-15-11-13-17-20(19,2)16-12-9-7-5-3-4-6-8-10-14-18-24-25-26(21,22)23/h11,13,15,17,19H,3-10,12,14,16,18H2,1-2H3,(H2,21,22,23). The Morgan fingerprint density at radius 3 is 2.00 bits per heavy atom. The van der Waals surface area contributed by atoms with Crippen molar-refractivity contribution in [2.45, 2.75) is 84.5 Å². The SMILES string of the molecule is CC1C=CC=CC1(C)CCCCCCCCCCCCOOP(=O)(O)O. The minimum atomic E-state index is -4.49. The number of allylic oxidation sites excluding steroid dienone is 4. The highest BCUT2D eigenvalue weighted by Gasteiger charge is 2.27. The molecule has 0 saturated carbocycles. The zero-order chi connectivity index (χ0) is 19.3. The maximum absolute atomic E-state index is 10.4. The lowest BCUT2D eigenvalue weighted by molar-refractivity contribution is -0.222. The van der Waals surface area contributed by atoms with Crippen LogP contribution in [0.2, 0.25) is 0 Å². The van der Waals surface area contributed by atoms with Crippen LogP contribution in [0.3, 0.4) is 0 Å². The molecule has 2 N–H and O–H groups in total. The van der Waals surface area contributed by atoms with Crippen LogP contribution in [0.4, 0.5) is 0 Å². The number of phosphoric acid groups is 1. The molecule has 2 atom stereocenters. The summed E-state index contributed by atoms with van der Waals surface area (Å²) in [6.45, 7) is 4.92. The molecule has 0 aromatic carbocycles. The summed E-state index contributed by atoms with van der Waals surface area (Å²) >= 11 is 0. The molecule has 0 spiro atoms. The highest BCUT2D eigenvalue weighted by molar-refractivity contribution is 7.46. The predicted octanol–water partition coefficient (Wildman–Crippen LogP) is 6.09. The molecule has 2 unspecified atom stereocenters. The average molecular weight is 388 g/mol. The highest BCUT2D eigenvalue weighted by atomic mass is 31.2. The molecule has 0 amide bonds. The fourth-order valence-corrected chi connectivity index (χ4v) is 3.59. The number of rotatable bonds is 15. The molecular weight excluding hydrogens is 351 g/mol. The highest BCUT2D eigenvalue weighted by Crippen LogP contribution is 2.38. The molecule has 152 valence electrons. The molecule has 0 fully saturated rings. The third kappa shape index (κ3) is 11.3. The lowest BCUT2D eigenvalue weighted by Gasteiger charge is -2.33. The van der Waals surface area contributed by atoms with Crippen LogP contribution in [-0.2, 0) is 14.1 Å². The zero-order valence-corrected chi connectivity index (χ0v) is 17.3. The largest absolute Gasteiger partial charge is 0.496 e. The second-order valence-corrected chi connectivity index (χ2v) is 8.84. The van der Waals surface area contributed by atoms with Gasteiger partial charge in [-0.15, -0.1) is 4.67 Å². The molecule has 1 aliphatic carbocycles. The van der Waals surface area contributed by atoms with E-state index >= 15 is 0 Å². The Morgan fingerprint density at radius 1 is 0.923 bits per heavy atom. The number of unbranched alkanes of at least 4 members (excludes halogenated alkanes) is 9. The summed E-state index contributed by atoms with van der Waals surface area (Å²) in [5, 5.41) is 0. The maximum Gasteiger partial charge on any atom is 0.496 e. The van der Waals surface area contributed by atoms with E-state index in [0.29, 0.717) is 11.3 Å². The average Bonchev–Trinajstić information content (AvgIpc) is 2.57. The molecular formula is C20H37O5P. The van der Waals surface area contributed by atoms with Crippen molar-refractivity contribution in [1.82, 2.24) is 0 Å². The Kier molecular flexibility index (Phi) is 11.7. The zero-order valence-electron chi connectivity index (χ0n) is 16.4. The van der Waals surface area contributed by atoms with Gasteiger partial charge in [-0.1, -0.05) is 95.9 Å². The minimum absolute atomic E-state index is 0.230. The fraction of sp³-hybridized carbons (Fsp3) is 0.800. The van der Waals surface area contributed by atoms with Gasteiger partial charge in [0.2, 0.25) is 0 Å². The first-order valence-corrected chi connectivity index (χ1v) is 11.6. The van der Waals surface area contributed by atoms with E-state index in [-0.39, 0.29) is 6.61 Å². The van der Waals surface area contributed by atoms with E-state index in [0.717, 1.165) is 19.3 Å². The van der Waals surface area contributed by atoms with Crippen molar-refractivity contribution in [2.24, 2.45) is 11.3 Å². The van der Waals surface area contributed by atoms with Gasteiger partial charge in [0.1, 0.15) is 0 Å². The van der Waals surface area contributed by atoms with E-state index in [1.54, 1.807) is 0 Å². The third-order valence-corrected chi connectivity index (χ3v) is 5.67. The normalized spacial score (nSPS) is 22.8. The van der Waals surface area contributed by atoms with Crippen molar-refractivity contribution in [3.8, 4) is 0 Å². The molecule has 5 nitrogen and oxygen atoms in total. The lowest BCUT2D eigenvalue weighted by Crippen LogP contribution is -2.23. The first kappa shape index (κ1) is 23.6. The molecule has 0 aromatic heterocycles. The van der Waals surface area contributed by atoms with Crippen LogP contribution in [0.15, 0.2) is 24.3 Å². The fourth-order valence-electron chi connectivity index (χ4n) is 3.38. The van der Waals surface area contributed by atoms with Gasteiger partial charge in [-0.25, -0.2) is 9.45 Å². The summed E-state index contributed by atoms with van der Waals surface area (Å²) in [7, 11) is -4.49. The van der Waals surface area contributed by atoms with Crippen molar-refractivity contribution >= 4 is 7.82 Å². The first-order chi connectivity index (χ1) is 12.3. The smallest absolute Gasteiger partial charge is 0.301 e. The number of hydrogen-bond acceptors (Lipinski definition) is 3. The molecule has 0 bridgehead atoms. The first-order valence-electron chi connectivity index (χ1n) is 10.1. The van der Waals surface area contributed by atoms with Crippen molar-refractivity contribution < 1.29 is 23.9 Å².